The Kier molecular flexibility index (Phi) is 5.59. The van der Waals surface area contributed by atoms with Gasteiger partial charge >= 0.3 is 6.03 Å². The number of nitrogens with one attached hydrogen (secondary N) is 3. The summed E-state index contributed by atoms with van der Waals surface area (Å²) in [6.07, 6.45) is 2.13. The van der Waals surface area contributed by atoms with Crippen LogP contribution >= 0.6 is 11.8 Å². The van der Waals surface area contributed by atoms with Gasteiger partial charge in [0.25, 0.3) is 0 Å². The van der Waals surface area contributed by atoms with Crippen LogP contribution in [0.1, 0.15) is 18.3 Å². The highest BCUT2D eigenvalue weighted by Crippen LogP contribution is 2.26. The zero-order valence-corrected chi connectivity index (χ0v) is 13.9. The highest BCUT2D eigenvalue weighted by molar-refractivity contribution is 7.98. The Hall–Kier alpha value is -2.09. The fourth-order valence-electron chi connectivity index (χ4n) is 2.16. The molecule has 0 aliphatic carbocycles. The zero-order chi connectivity index (χ0) is 17.0. The molecule has 3 N–H and O–H groups in total. The number of thioether (sulfide) groups is 1. The second-order valence-electron chi connectivity index (χ2n) is 5.22. The number of hydrogen-bond acceptors (Lipinski definition) is 3. The number of urea groups is 1. The van der Waals surface area contributed by atoms with Gasteiger partial charge in [-0.15, -0.1) is 11.8 Å². The summed E-state index contributed by atoms with van der Waals surface area (Å²) in [6.45, 7) is 3.71. The van der Waals surface area contributed by atoms with Crippen LogP contribution in [0.5, 0.6) is 0 Å². The van der Waals surface area contributed by atoms with Crippen molar-refractivity contribution in [3.63, 3.8) is 0 Å². The van der Waals surface area contributed by atoms with E-state index in [0.29, 0.717) is 6.42 Å². The molecule has 0 radical (unpaired) electrons. The van der Waals surface area contributed by atoms with Crippen LogP contribution in [0.2, 0.25) is 0 Å². The lowest BCUT2D eigenvalue weighted by Crippen LogP contribution is -2.37. The van der Waals surface area contributed by atoms with Gasteiger partial charge in [0.15, 0.2) is 0 Å². The molecule has 0 saturated carbocycles. The topological polar surface area (TPSA) is 69.8 Å². The van der Waals surface area contributed by atoms with Crippen molar-refractivity contribution in [2.75, 3.05) is 11.6 Å². The smallest absolute Gasteiger partial charge is 0.319 e. The first kappa shape index (κ1) is 17.3. The van der Waals surface area contributed by atoms with Crippen LogP contribution in [0.25, 0.3) is 0 Å². The van der Waals surface area contributed by atoms with Gasteiger partial charge in [0.2, 0.25) is 0 Å². The quantitative estimate of drug-likeness (QED) is 0.730. The summed E-state index contributed by atoms with van der Waals surface area (Å²) in [7, 11) is 0. The zero-order valence-electron chi connectivity index (χ0n) is 13.0. The van der Waals surface area contributed by atoms with E-state index >= 15 is 0 Å². The molecule has 23 heavy (non-hydrogen) atoms. The molecule has 1 heterocycles. The van der Waals surface area contributed by atoms with Gasteiger partial charge in [-0.05, 0) is 38.3 Å². The SMILES string of the molecule is CSc1c(F)cc(NC(=O)NC(C)Cc2cc(C)[nH]n2)cc1F. The van der Waals surface area contributed by atoms with E-state index in [9.17, 15) is 13.6 Å². The summed E-state index contributed by atoms with van der Waals surface area (Å²) in [5, 5.41) is 12.0. The predicted octanol–water partition coefficient (Wildman–Crippen LogP) is 3.47. The number of rotatable bonds is 5. The van der Waals surface area contributed by atoms with Gasteiger partial charge in [0.1, 0.15) is 11.6 Å². The van der Waals surface area contributed by atoms with E-state index in [4.69, 9.17) is 0 Å². The summed E-state index contributed by atoms with van der Waals surface area (Å²) in [4.78, 5) is 11.8. The number of aryl methyl sites for hydroxylation is 1. The lowest BCUT2D eigenvalue weighted by molar-refractivity contribution is 0.249. The van der Waals surface area contributed by atoms with Crippen molar-refractivity contribution in [2.45, 2.75) is 31.2 Å². The summed E-state index contributed by atoms with van der Waals surface area (Å²) in [5.41, 5.74) is 1.84. The minimum atomic E-state index is -0.701. The van der Waals surface area contributed by atoms with Crippen LogP contribution in [0.3, 0.4) is 0 Å². The van der Waals surface area contributed by atoms with Gasteiger partial charge < -0.3 is 10.6 Å². The van der Waals surface area contributed by atoms with Crippen molar-refractivity contribution < 1.29 is 13.6 Å². The molecule has 0 spiro atoms. The summed E-state index contributed by atoms with van der Waals surface area (Å²) >= 11 is 0.975. The highest BCUT2D eigenvalue weighted by atomic mass is 32.2. The molecule has 124 valence electrons. The molecule has 8 heteroatoms. The van der Waals surface area contributed by atoms with Crippen molar-refractivity contribution in [3.8, 4) is 0 Å². The van der Waals surface area contributed by atoms with E-state index in [2.05, 4.69) is 20.8 Å². The Bertz CT molecular complexity index is 682. The van der Waals surface area contributed by atoms with Crippen LogP contribution in [-0.4, -0.2) is 28.5 Å². The number of halogens is 2. The van der Waals surface area contributed by atoms with E-state index in [1.165, 1.54) is 0 Å². The molecule has 1 aromatic carbocycles. The largest absolute Gasteiger partial charge is 0.335 e. The van der Waals surface area contributed by atoms with E-state index in [1.807, 2.05) is 19.9 Å². The maximum Gasteiger partial charge on any atom is 0.319 e. The standard InChI is InChI=1S/C15H18F2N4OS/c1-8(4-11-5-9(2)20-21-11)18-15(22)19-10-6-12(16)14(23-3)13(17)7-10/h5-8H,4H2,1-3H3,(H,20,21)(H2,18,19,22). The van der Waals surface area contributed by atoms with Crippen LogP contribution < -0.4 is 10.6 Å². The van der Waals surface area contributed by atoms with Gasteiger partial charge in [0.05, 0.1) is 10.6 Å². The third kappa shape index (κ3) is 4.69. The number of benzene rings is 1. The van der Waals surface area contributed by atoms with E-state index in [0.717, 1.165) is 35.3 Å². The molecule has 2 rings (SSSR count). The predicted molar refractivity (Wildman–Crippen MR) is 86.8 cm³/mol. The van der Waals surface area contributed by atoms with Crippen LogP contribution in [-0.2, 0) is 6.42 Å². The van der Waals surface area contributed by atoms with Crippen molar-refractivity contribution in [2.24, 2.45) is 0 Å². The molecule has 2 aromatic rings. The number of H-pyrrole nitrogens is 1. The second kappa shape index (κ2) is 7.45. The molecule has 1 aromatic heterocycles. The minimum absolute atomic E-state index is 0.0677. The normalized spacial score (nSPS) is 12.0. The molecule has 0 fully saturated rings. The average Bonchev–Trinajstić information content (AvgIpc) is 2.83. The average molecular weight is 340 g/mol. The first-order chi connectivity index (χ1) is 10.9. The third-order valence-corrected chi connectivity index (χ3v) is 3.91. The molecule has 0 aliphatic rings. The number of carbonyl (C=O) groups is 1. The number of carbonyl (C=O) groups excluding carboxylic acids is 1. The van der Waals surface area contributed by atoms with Crippen LogP contribution in [0.4, 0.5) is 19.3 Å². The molecule has 0 saturated heterocycles. The molecular formula is C15H18F2N4OS. The lowest BCUT2D eigenvalue weighted by atomic mass is 10.2. The number of anilines is 1. The summed E-state index contributed by atoms with van der Waals surface area (Å²) in [5.74, 6) is -1.40. The first-order valence-electron chi connectivity index (χ1n) is 7.00. The van der Waals surface area contributed by atoms with Crippen molar-refractivity contribution >= 4 is 23.5 Å². The second-order valence-corrected chi connectivity index (χ2v) is 6.04. The van der Waals surface area contributed by atoms with Crippen molar-refractivity contribution in [3.05, 3.63) is 41.2 Å². The number of amides is 2. The monoisotopic (exact) mass is 340 g/mol. The van der Waals surface area contributed by atoms with Crippen LogP contribution in [0.15, 0.2) is 23.1 Å². The maximum atomic E-state index is 13.7. The summed E-state index contributed by atoms with van der Waals surface area (Å²) < 4.78 is 27.3. The Morgan fingerprint density at radius 2 is 2.00 bits per heavy atom. The number of aromatic nitrogens is 2. The minimum Gasteiger partial charge on any atom is -0.335 e. The third-order valence-electron chi connectivity index (χ3n) is 3.11. The molecule has 2 amide bonds. The molecule has 0 aliphatic heterocycles. The number of nitrogens with zero attached hydrogens (tertiary/aromatic N) is 1. The first-order valence-corrected chi connectivity index (χ1v) is 8.23. The molecule has 0 bridgehead atoms. The fourth-order valence-corrected chi connectivity index (χ4v) is 2.67. The Labute approximate surface area is 137 Å². The fraction of sp³-hybridized carbons (Fsp3) is 0.333. The number of hydrogen-bond donors (Lipinski definition) is 3. The maximum absolute atomic E-state index is 13.7. The van der Waals surface area contributed by atoms with E-state index < -0.39 is 17.7 Å². The van der Waals surface area contributed by atoms with Crippen molar-refractivity contribution in [1.29, 1.82) is 0 Å². The van der Waals surface area contributed by atoms with Gasteiger partial charge in [0, 0.05) is 23.8 Å². The molecule has 1 unspecified atom stereocenters. The molecule has 1 atom stereocenters. The lowest BCUT2D eigenvalue weighted by Gasteiger charge is -2.14. The molecular weight excluding hydrogens is 322 g/mol. The van der Waals surface area contributed by atoms with Gasteiger partial charge in [-0.25, -0.2) is 13.6 Å². The van der Waals surface area contributed by atoms with E-state index in [1.54, 1.807) is 6.26 Å². The van der Waals surface area contributed by atoms with E-state index in [-0.39, 0.29) is 16.6 Å². The Morgan fingerprint density at radius 1 is 1.35 bits per heavy atom. The van der Waals surface area contributed by atoms with Gasteiger partial charge in [-0.2, -0.15) is 5.10 Å². The molecule has 5 nitrogen and oxygen atoms in total. The Balaban J connectivity index is 1.94. The van der Waals surface area contributed by atoms with Crippen molar-refractivity contribution in [1.82, 2.24) is 15.5 Å². The van der Waals surface area contributed by atoms with Crippen LogP contribution in [0, 0.1) is 18.6 Å². The van der Waals surface area contributed by atoms with Gasteiger partial charge in [-0.3, -0.25) is 5.10 Å². The number of aromatic amines is 1. The highest BCUT2D eigenvalue weighted by Gasteiger charge is 2.13. The Morgan fingerprint density at radius 3 is 2.52 bits per heavy atom. The summed E-state index contributed by atoms with van der Waals surface area (Å²) in [6, 6.07) is 3.37. The van der Waals surface area contributed by atoms with Gasteiger partial charge in [-0.1, -0.05) is 0 Å².